The van der Waals surface area contributed by atoms with Crippen molar-refractivity contribution in [3.8, 4) is 5.75 Å². The fraction of sp³-hybridized carbons (Fsp3) is 0.278. The Kier molecular flexibility index (Phi) is 5.52. The van der Waals surface area contributed by atoms with Crippen molar-refractivity contribution >= 4 is 5.78 Å². The molecule has 2 rings (SSSR count). The molecular weight excluding hydrogens is 262 g/mol. The van der Waals surface area contributed by atoms with E-state index >= 15 is 0 Å². The normalized spacial score (nSPS) is 10.6. The van der Waals surface area contributed by atoms with Gasteiger partial charge in [-0.3, -0.25) is 4.79 Å². The van der Waals surface area contributed by atoms with Crippen LogP contribution in [0.5, 0.6) is 5.75 Å². The van der Waals surface area contributed by atoms with Gasteiger partial charge in [-0.15, -0.1) is 0 Å². The number of rotatable bonds is 7. The van der Waals surface area contributed by atoms with Crippen molar-refractivity contribution in [3.05, 3.63) is 65.7 Å². The van der Waals surface area contributed by atoms with Gasteiger partial charge in [-0.25, -0.2) is 0 Å². The molecule has 0 saturated heterocycles. The number of ether oxygens (including phenoxy) is 1. The van der Waals surface area contributed by atoms with E-state index in [1.54, 1.807) is 7.11 Å². The highest BCUT2D eigenvalue weighted by molar-refractivity contribution is 5.96. The minimum atomic E-state index is 0.192. The summed E-state index contributed by atoms with van der Waals surface area (Å²) in [5.41, 5.74) is 2.00. The van der Waals surface area contributed by atoms with Crippen LogP contribution in [0.1, 0.15) is 22.3 Å². The monoisotopic (exact) mass is 283 g/mol. The zero-order chi connectivity index (χ0) is 15.1. The van der Waals surface area contributed by atoms with Crippen LogP contribution < -0.4 is 4.74 Å². The molecule has 0 heterocycles. The lowest BCUT2D eigenvalue weighted by Gasteiger charge is -2.16. The molecule has 3 nitrogen and oxygen atoms in total. The van der Waals surface area contributed by atoms with Gasteiger partial charge in [-0.2, -0.15) is 0 Å². The Morgan fingerprint density at radius 2 is 1.71 bits per heavy atom. The van der Waals surface area contributed by atoms with E-state index in [4.69, 9.17) is 4.74 Å². The number of hydrogen-bond acceptors (Lipinski definition) is 3. The van der Waals surface area contributed by atoms with Crippen LogP contribution in [-0.4, -0.2) is 31.4 Å². The van der Waals surface area contributed by atoms with Gasteiger partial charge in [0.05, 0.1) is 7.11 Å². The van der Waals surface area contributed by atoms with Gasteiger partial charge in [0.15, 0.2) is 5.78 Å². The summed E-state index contributed by atoms with van der Waals surface area (Å²) in [5, 5.41) is 0. The van der Waals surface area contributed by atoms with Crippen LogP contribution in [0.2, 0.25) is 0 Å². The van der Waals surface area contributed by atoms with E-state index in [0.717, 1.165) is 24.4 Å². The Hall–Kier alpha value is -2.13. The van der Waals surface area contributed by atoms with Crippen LogP contribution in [0, 0.1) is 0 Å². The minimum absolute atomic E-state index is 0.192. The molecular formula is C18H21NO2. The van der Waals surface area contributed by atoms with Gasteiger partial charge in [0.25, 0.3) is 0 Å². The highest BCUT2D eigenvalue weighted by Crippen LogP contribution is 2.13. The van der Waals surface area contributed by atoms with Gasteiger partial charge < -0.3 is 9.64 Å². The number of hydrogen-bond donors (Lipinski definition) is 0. The van der Waals surface area contributed by atoms with E-state index in [2.05, 4.69) is 4.90 Å². The van der Waals surface area contributed by atoms with E-state index in [1.165, 1.54) is 5.56 Å². The number of carbonyl (C=O) groups is 1. The van der Waals surface area contributed by atoms with Gasteiger partial charge >= 0.3 is 0 Å². The summed E-state index contributed by atoms with van der Waals surface area (Å²) in [6.07, 6.45) is 0.538. The van der Waals surface area contributed by atoms with Crippen molar-refractivity contribution in [1.29, 1.82) is 0 Å². The zero-order valence-corrected chi connectivity index (χ0v) is 12.6. The van der Waals surface area contributed by atoms with Crippen molar-refractivity contribution < 1.29 is 9.53 Å². The molecule has 0 unspecified atom stereocenters. The summed E-state index contributed by atoms with van der Waals surface area (Å²) < 4.78 is 5.14. The van der Waals surface area contributed by atoms with Crippen molar-refractivity contribution in [3.63, 3.8) is 0 Å². The molecule has 0 aliphatic rings. The average molecular weight is 283 g/mol. The van der Waals surface area contributed by atoms with Gasteiger partial charge in [0.2, 0.25) is 0 Å². The van der Waals surface area contributed by atoms with E-state index in [-0.39, 0.29) is 5.78 Å². The summed E-state index contributed by atoms with van der Waals surface area (Å²) in [5.74, 6) is 1.05. The highest BCUT2D eigenvalue weighted by atomic mass is 16.5. The Labute approximate surface area is 126 Å². The average Bonchev–Trinajstić information content (AvgIpc) is 2.54. The fourth-order valence-corrected chi connectivity index (χ4v) is 2.18. The second-order valence-corrected chi connectivity index (χ2v) is 5.13. The highest BCUT2D eigenvalue weighted by Gasteiger charge is 2.07. The molecule has 0 radical (unpaired) electrons. The molecule has 0 bridgehead atoms. The molecule has 0 saturated carbocycles. The third-order valence-corrected chi connectivity index (χ3v) is 3.43. The number of carbonyl (C=O) groups excluding carboxylic acids is 1. The molecule has 0 aromatic heterocycles. The maximum Gasteiger partial charge on any atom is 0.164 e. The Morgan fingerprint density at radius 3 is 2.33 bits per heavy atom. The van der Waals surface area contributed by atoms with Crippen LogP contribution in [0.25, 0.3) is 0 Å². The lowest BCUT2D eigenvalue weighted by molar-refractivity contribution is 0.0968. The lowest BCUT2D eigenvalue weighted by Crippen LogP contribution is -2.21. The Bertz CT molecular complexity index is 564. The number of Topliss-reactive ketones (excluding diaryl/α,β-unsaturated/α-hetero) is 1. The standard InChI is InChI=1S/C18H21NO2/c1-19(14-15-8-10-17(21-2)11-9-15)13-12-18(20)16-6-4-3-5-7-16/h3-11H,12-14H2,1-2H3. The third kappa shape index (κ3) is 4.72. The Balaban J connectivity index is 1.81. The van der Waals surface area contributed by atoms with Crippen LogP contribution in [0.4, 0.5) is 0 Å². The first kappa shape index (κ1) is 15.3. The van der Waals surface area contributed by atoms with Crippen LogP contribution >= 0.6 is 0 Å². The van der Waals surface area contributed by atoms with Crippen molar-refractivity contribution in [1.82, 2.24) is 4.90 Å². The molecule has 0 fully saturated rings. The summed E-state index contributed by atoms with van der Waals surface area (Å²) in [6.45, 7) is 1.58. The summed E-state index contributed by atoms with van der Waals surface area (Å²) >= 11 is 0. The second kappa shape index (κ2) is 7.60. The maximum atomic E-state index is 12.0. The van der Waals surface area contributed by atoms with Gasteiger partial charge in [-0.05, 0) is 24.7 Å². The van der Waals surface area contributed by atoms with Gasteiger partial charge in [0.1, 0.15) is 5.75 Å². The predicted molar refractivity (Wildman–Crippen MR) is 84.7 cm³/mol. The number of benzene rings is 2. The SMILES string of the molecule is COc1ccc(CN(C)CCC(=O)c2ccccc2)cc1. The predicted octanol–water partition coefficient (Wildman–Crippen LogP) is 3.40. The quantitative estimate of drug-likeness (QED) is 0.729. The van der Waals surface area contributed by atoms with Crippen LogP contribution in [0.3, 0.4) is 0 Å². The lowest BCUT2D eigenvalue weighted by atomic mass is 10.1. The Morgan fingerprint density at radius 1 is 1.05 bits per heavy atom. The molecule has 2 aromatic carbocycles. The van der Waals surface area contributed by atoms with Crippen molar-refractivity contribution in [2.75, 3.05) is 20.7 Å². The molecule has 110 valence electrons. The fourth-order valence-electron chi connectivity index (χ4n) is 2.18. The molecule has 0 amide bonds. The van der Waals surface area contributed by atoms with Gasteiger partial charge in [-0.1, -0.05) is 42.5 Å². The summed E-state index contributed by atoms with van der Waals surface area (Å²) in [6, 6.07) is 17.5. The molecule has 0 atom stereocenters. The van der Waals surface area contributed by atoms with E-state index in [1.807, 2.05) is 61.6 Å². The van der Waals surface area contributed by atoms with Gasteiger partial charge in [0, 0.05) is 25.1 Å². The molecule has 3 heteroatoms. The molecule has 0 N–H and O–H groups in total. The number of nitrogens with zero attached hydrogens (tertiary/aromatic N) is 1. The molecule has 21 heavy (non-hydrogen) atoms. The maximum absolute atomic E-state index is 12.0. The van der Waals surface area contributed by atoms with Crippen molar-refractivity contribution in [2.45, 2.75) is 13.0 Å². The zero-order valence-electron chi connectivity index (χ0n) is 12.6. The summed E-state index contributed by atoms with van der Waals surface area (Å²) in [4.78, 5) is 14.2. The molecule has 0 aliphatic carbocycles. The third-order valence-electron chi connectivity index (χ3n) is 3.43. The second-order valence-electron chi connectivity index (χ2n) is 5.13. The number of ketones is 1. The summed E-state index contributed by atoms with van der Waals surface area (Å²) in [7, 11) is 3.69. The van der Waals surface area contributed by atoms with Crippen molar-refractivity contribution in [2.24, 2.45) is 0 Å². The number of methoxy groups -OCH3 is 1. The van der Waals surface area contributed by atoms with Crippen LogP contribution in [0.15, 0.2) is 54.6 Å². The first-order valence-corrected chi connectivity index (χ1v) is 7.09. The largest absolute Gasteiger partial charge is 0.497 e. The van der Waals surface area contributed by atoms with Crippen LogP contribution in [-0.2, 0) is 6.54 Å². The molecule has 0 spiro atoms. The first-order chi connectivity index (χ1) is 10.2. The van der Waals surface area contributed by atoms with E-state index < -0.39 is 0 Å². The van der Waals surface area contributed by atoms with E-state index in [9.17, 15) is 4.79 Å². The molecule has 0 aliphatic heterocycles. The minimum Gasteiger partial charge on any atom is -0.497 e. The topological polar surface area (TPSA) is 29.5 Å². The molecule has 2 aromatic rings. The smallest absolute Gasteiger partial charge is 0.164 e. The van der Waals surface area contributed by atoms with E-state index in [0.29, 0.717) is 6.42 Å². The first-order valence-electron chi connectivity index (χ1n) is 7.09.